The number of nitrogens with zero attached hydrogens (tertiary/aromatic N) is 1. The predicted octanol–water partition coefficient (Wildman–Crippen LogP) is 1.84. The Morgan fingerprint density at radius 3 is 2.44 bits per heavy atom. The molecular weight excluding hydrogens is 228 g/mol. The molecule has 1 amide bonds. The van der Waals surface area contributed by atoms with Gasteiger partial charge in [-0.1, -0.05) is 39.5 Å². The number of rotatable bonds is 10. The van der Waals surface area contributed by atoms with Crippen LogP contribution in [0.3, 0.4) is 0 Å². The van der Waals surface area contributed by atoms with E-state index in [1.807, 2.05) is 14.0 Å². The van der Waals surface area contributed by atoms with Gasteiger partial charge in [-0.3, -0.25) is 9.59 Å². The van der Waals surface area contributed by atoms with Gasteiger partial charge < -0.3 is 10.2 Å². The Bertz CT molecular complexity index is 254. The molecule has 0 rings (SSSR count). The van der Waals surface area contributed by atoms with E-state index in [0.29, 0.717) is 13.1 Å². The average molecular weight is 256 g/mol. The van der Waals surface area contributed by atoms with Crippen LogP contribution in [-0.4, -0.2) is 43.8 Å². The molecule has 0 saturated carbocycles. The number of carbonyl (C=O) groups excluding carboxylic acids is 2. The van der Waals surface area contributed by atoms with Gasteiger partial charge in [0.15, 0.2) is 0 Å². The van der Waals surface area contributed by atoms with Gasteiger partial charge in [0, 0.05) is 26.1 Å². The van der Waals surface area contributed by atoms with E-state index in [9.17, 15) is 9.59 Å². The Balaban J connectivity index is 3.99. The zero-order valence-electron chi connectivity index (χ0n) is 12.3. The normalized spacial score (nSPS) is 12.2. The molecule has 1 unspecified atom stereocenters. The van der Waals surface area contributed by atoms with Crippen LogP contribution in [0.4, 0.5) is 0 Å². The third-order valence-electron chi connectivity index (χ3n) is 3.19. The fraction of sp³-hybridized carbons (Fsp3) is 0.857. The highest BCUT2D eigenvalue weighted by Gasteiger charge is 2.23. The van der Waals surface area contributed by atoms with Crippen LogP contribution in [0, 0.1) is 5.92 Å². The minimum absolute atomic E-state index is 0.147. The van der Waals surface area contributed by atoms with Gasteiger partial charge in [-0.25, -0.2) is 0 Å². The lowest BCUT2D eigenvalue weighted by Crippen LogP contribution is -2.39. The van der Waals surface area contributed by atoms with Crippen molar-refractivity contribution in [1.82, 2.24) is 10.2 Å². The molecule has 0 saturated heterocycles. The monoisotopic (exact) mass is 256 g/mol. The van der Waals surface area contributed by atoms with Crippen molar-refractivity contribution in [1.29, 1.82) is 0 Å². The Hall–Kier alpha value is -0.900. The summed E-state index contributed by atoms with van der Waals surface area (Å²) in [6, 6.07) is 0. The smallest absolute Gasteiger partial charge is 0.290 e. The van der Waals surface area contributed by atoms with Gasteiger partial charge in [-0.05, 0) is 13.5 Å². The highest BCUT2D eigenvalue weighted by Crippen LogP contribution is 2.12. The highest BCUT2D eigenvalue weighted by molar-refractivity contribution is 6.36. The van der Waals surface area contributed by atoms with Gasteiger partial charge in [0.1, 0.15) is 0 Å². The van der Waals surface area contributed by atoms with Crippen molar-refractivity contribution >= 4 is 11.7 Å². The standard InChI is InChI=1S/C14H28N2O2/c1-5-6-7-8-9-12(2)13(17)14(18)16(4)11-10-15-3/h12,15H,5-11H2,1-4H3. The van der Waals surface area contributed by atoms with Crippen LogP contribution in [0.25, 0.3) is 0 Å². The van der Waals surface area contributed by atoms with E-state index in [1.54, 1.807) is 7.05 Å². The number of unbranched alkanes of at least 4 members (excludes halogenated alkanes) is 3. The van der Waals surface area contributed by atoms with Gasteiger partial charge >= 0.3 is 0 Å². The highest BCUT2D eigenvalue weighted by atomic mass is 16.2. The summed E-state index contributed by atoms with van der Waals surface area (Å²) in [6.45, 7) is 5.30. The Labute approximate surface area is 111 Å². The largest absolute Gasteiger partial charge is 0.338 e. The molecule has 0 aromatic rings. The van der Waals surface area contributed by atoms with E-state index in [1.165, 1.54) is 17.7 Å². The van der Waals surface area contributed by atoms with Crippen LogP contribution < -0.4 is 5.32 Å². The van der Waals surface area contributed by atoms with Crippen LogP contribution in [0.1, 0.15) is 46.0 Å². The molecule has 0 bridgehead atoms. The fourth-order valence-electron chi connectivity index (χ4n) is 1.79. The number of hydrogen-bond acceptors (Lipinski definition) is 3. The Morgan fingerprint density at radius 2 is 1.89 bits per heavy atom. The third-order valence-corrected chi connectivity index (χ3v) is 3.19. The number of hydrogen-bond donors (Lipinski definition) is 1. The Morgan fingerprint density at radius 1 is 1.22 bits per heavy atom. The maximum Gasteiger partial charge on any atom is 0.290 e. The first-order chi connectivity index (χ1) is 8.54. The Kier molecular flexibility index (Phi) is 9.56. The molecule has 0 aromatic carbocycles. The maximum absolute atomic E-state index is 11.9. The van der Waals surface area contributed by atoms with Crippen molar-refractivity contribution < 1.29 is 9.59 Å². The molecule has 0 fully saturated rings. The lowest BCUT2D eigenvalue weighted by Gasteiger charge is -2.18. The van der Waals surface area contributed by atoms with Crippen LogP contribution in [0.2, 0.25) is 0 Å². The number of carbonyl (C=O) groups is 2. The number of likely N-dealkylation sites (N-methyl/N-ethyl adjacent to an activating group) is 2. The van der Waals surface area contributed by atoms with Crippen molar-refractivity contribution in [2.75, 3.05) is 27.2 Å². The van der Waals surface area contributed by atoms with Crippen LogP contribution in [-0.2, 0) is 9.59 Å². The summed E-state index contributed by atoms with van der Waals surface area (Å²) in [7, 11) is 3.51. The van der Waals surface area contributed by atoms with Crippen molar-refractivity contribution in [3.8, 4) is 0 Å². The molecule has 0 aromatic heterocycles. The quantitative estimate of drug-likeness (QED) is 0.479. The predicted molar refractivity (Wildman–Crippen MR) is 74.5 cm³/mol. The molecule has 0 aliphatic heterocycles. The van der Waals surface area contributed by atoms with Crippen molar-refractivity contribution in [2.45, 2.75) is 46.0 Å². The van der Waals surface area contributed by atoms with Crippen molar-refractivity contribution in [3.05, 3.63) is 0 Å². The molecule has 0 spiro atoms. The summed E-state index contributed by atoms with van der Waals surface area (Å²) in [5.74, 6) is -0.746. The van der Waals surface area contributed by atoms with E-state index in [2.05, 4.69) is 12.2 Å². The first kappa shape index (κ1) is 17.1. The molecule has 1 N–H and O–H groups in total. The number of amides is 1. The summed E-state index contributed by atoms with van der Waals surface area (Å²) in [4.78, 5) is 25.2. The average Bonchev–Trinajstić information content (AvgIpc) is 2.38. The number of nitrogens with one attached hydrogen (secondary N) is 1. The van der Waals surface area contributed by atoms with Crippen LogP contribution in [0.5, 0.6) is 0 Å². The summed E-state index contributed by atoms with van der Waals surface area (Å²) >= 11 is 0. The van der Waals surface area contributed by atoms with E-state index < -0.39 is 0 Å². The van der Waals surface area contributed by atoms with Gasteiger partial charge in [-0.15, -0.1) is 0 Å². The molecule has 4 nitrogen and oxygen atoms in total. The SMILES string of the molecule is CCCCCCC(C)C(=O)C(=O)N(C)CCNC. The second kappa shape index (κ2) is 10.1. The summed E-state index contributed by atoms with van der Waals surface area (Å²) in [5.41, 5.74) is 0. The van der Waals surface area contributed by atoms with E-state index in [4.69, 9.17) is 0 Å². The zero-order valence-corrected chi connectivity index (χ0v) is 12.3. The van der Waals surface area contributed by atoms with Gasteiger partial charge in [0.25, 0.3) is 5.91 Å². The van der Waals surface area contributed by atoms with Crippen molar-refractivity contribution in [2.24, 2.45) is 5.92 Å². The van der Waals surface area contributed by atoms with Crippen LogP contribution in [0.15, 0.2) is 0 Å². The molecule has 1 atom stereocenters. The fourth-order valence-corrected chi connectivity index (χ4v) is 1.79. The molecule has 0 heterocycles. The summed E-state index contributed by atoms with van der Waals surface area (Å²) in [6.07, 6.45) is 5.40. The molecule has 0 aliphatic carbocycles. The summed E-state index contributed by atoms with van der Waals surface area (Å²) in [5, 5.41) is 2.96. The first-order valence-corrected chi connectivity index (χ1v) is 6.98. The zero-order chi connectivity index (χ0) is 14.0. The minimum Gasteiger partial charge on any atom is -0.338 e. The van der Waals surface area contributed by atoms with Gasteiger partial charge in [0.2, 0.25) is 5.78 Å². The second-order valence-corrected chi connectivity index (χ2v) is 4.94. The number of Topliss-reactive ketones (excluding diaryl/α,β-unsaturated/α-hetero) is 1. The van der Waals surface area contributed by atoms with Crippen molar-refractivity contribution in [3.63, 3.8) is 0 Å². The topological polar surface area (TPSA) is 49.4 Å². The molecule has 18 heavy (non-hydrogen) atoms. The molecular formula is C14H28N2O2. The maximum atomic E-state index is 11.9. The minimum atomic E-state index is -0.353. The first-order valence-electron chi connectivity index (χ1n) is 6.98. The molecule has 4 heteroatoms. The van der Waals surface area contributed by atoms with Crippen LogP contribution >= 0.6 is 0 Å². The lowest BCUT2D eigenvalue weighted by atomic mass is 9.97. The van der Waals surface area contributed by atoms with E-state index >= 15 is 0 Å². The molecule has 0 aliphatic rings. The molecule has 106 valence electrons. The van der Waals surface area contributed by atoms with Gasteiger partial charge in [0.05, 0.1) is 0 Å². The van der Waals surface area contributed by atoms with E-state index in [-0.39, 0.29) is 17.6 Å². The van der Waals surface area contributed by atoms with E-state index in [0.717, 1.165) is 19.3 Å². The lowest BCUT2D eigenvalue weighted by molar-refractivity contribution is -0.145. The third kappa shape index (κ3) is 6.74. The molecule has 0 radical (unpaired) electrons. The second-order valence-electron chi connectivity index (χ2n) is 4.94. The van der Waals surface area contributed by atoms with Gasteiger partial charge in [-0.2, -0.15) is 0 Å². The number of ketones is 1. The summed E-state index contributed by atoms with van der Waals surface area (Å²) < 4.78 is 0.